The monoisotopic (exact) mass is 327 g/mol. The normalized spacial score (nSPS) is 10.0. The maximum Gasteiger partial charge on any atom is 0.294 e. The van der Waals surface area contributed by atoms with Crippen molar-refractivity contribution in [2.75, 3.05) is 7.11 Å². The smallest absolute Gasteiger partial charge is 0.294 e. The first-order valence-corrected chi connectivity index (χ1v) is 8.52. The average molecular weight is 327 g/mol. The molecule has 23 heavy (non-hydrogen) atoms. The van der Waals surface area contributed by atoms with E-state index in [1.807, 2.05) is 58.8 Å². The molecule has 8 heteroatoms. The summed E-state index contributed by atoms with van der Waals surface area (Å²) < 4.78 is 35.1. The molecule has 1 N–H and O–H groups in total. The van der Waals surface area contributed by atoms with E-state index in [2.05, 4.69) is 0 Å². The molecule has 2 rings (SSSR count). The highest BCUT2D eigenvalue weighted by Gasteiger charge is 2.08. The van der Waals surface area contributed by atoms with Gasteiger partial charge in [-0.05, 0) is 24.3 Å². The van der Waals surface area contributed by atoms with Crippen molar-refractivity contribution in [2.45, 2.75) is 17.9 Å². The van der Waals surface area contributed by atoms with Crippen molar-refractivity contribution >= 4 is 37.2 Å². The summed E-state index contributed by atoms with van der Waals surface area (Å²) in [7, 11) is 3.48. The first kappa shape index (κ1) is 19.4. The third kappa shape index (κ3) is 7.95. The van der Waals surface area contributed by atoms with Crippen LogP contribution in [0.1, 0.15) is 0 Å². The van der Waals surface area contributed by atoms with Crippen LogP contribution in [-0.4, -0.2) is 41.7 Å². The van der Waals surface area contributed by atoms with E-state index in [1.165, 1.54) is 12.1 Å². The van der Waals surface area contributed by atoms with E-state index in [9.17, 15) is 8.42 Å². The lowest BCUT2D eigenvalue weighted by molar-refractivity contribution is 0.415. The molecule has 2 aromatic rings. The molecule has 0 unspecified atom stereocenters. The highest BCUT2D eigenvalue weighted by Crippen LogP contribution is 2.05. The Morgan fingerprint density at radius 1 is 1.04 bits per heavy atom. The zero-order chi connectivity index (χ0) is 17.1. The molecule has 0 fully saturated rings. The predicted molar refractivity (Wildman–Crippen MR) is 96.8 cm³/mol. The highest BCUT2D eigenvalue weighted by atomic mass is 32.2. The van der Waals surface area contributed by atoms with Crippen molar-refractivity contribution in [1.82, 2.24) is 0 Å². The molecule has 0 amide bonds. The summed E-state index contributed by atoms with van der Waals surface area (Å²) in [6, 6.07) is 15.7. The molecule has 4 nitrogen and oxygen atoms in total. The van der Waals surface area contributed by atoms with Gasteiger partial charge in [-0.3, -0.25) is 4.55 Å². The Balaban J connectivity index is 0.000000277. The van der Waals surface area contributed by atoms with E-state index in [-0.39, 0.29) is 4.90 Å². The molecule has 0 aliphatic rings. The Bertz CT molecular complexity index is 661. The number of hydrogen-bond donors (Lipinski definition) is 1. The van der Waals surface area contributed by atoms with E-state index in [1.54, 1.807) is 19.2 Å². The third-order valence-electron chi connectivity index (χ3n) is 2.84. The molecular formula is C15H18B3O4S. The fourth-order valence-corrected chi connectivity index (χ4v) is 2.13. The van der Waals surface area contributed by atoms with E-state index < -0.39 is 10.1 Å². The minimum Gasteiger partial charge on any atom is -0.497 e. The Morgan fingerprint density at radius 3 is 2.09 bits per heavy atom. The van der Waals surface area contributed by atoms with Gasteiger partial charge in [0.15, 0.2) is 0 Å². The first-order chi connectivity index (χ1) is 11.0. The summed E-state index contributed by atoms with van der Waals surface area (Å²) in [4.78, 5) is -0.0818. The number of rotatable bonds is 6. The van der Waals surface area contributed by atoms with E-state index in [0.717, 1.165) is 17.4 Å². The SMILES string of the molecule is COc1ccccc1.C[B]C[B][B]c1ccc(S(=O)(=O)O)cc1. The second kappa shape index (κ2) is 10.2. The van der Waals surface area contributed by atoms with Gasteiger partial charge in [0, 0.05) is 0 Å². The molecule has 0 bridgehead atoms. The van der Waals surface area contributed by atoms with Crippen LogP contribution in [0.15, 0.2) is 59.5 Å². The van der Waals surface area contributed by atoms with E-state index in [4.69, 9.17) is 9.29 Å². The third-order valence-corrected chi connectivity index (χ3v) is 3.71. The van der Waals surface area contributed by atoms with Crippen LogP contribution >= 0.6 is 0 Å². The van der Waals surface area contributed by atoms with Crippen LogP contribution < -0.4 is 10.2 Å². The summed E-state index contributed by atoms with van der Waals surface area (Å²) in [6.45, 7) is 1.96. The molecule has 0 aromatic heterocycles. The molecule has 0 aliphatic heterocycles. The van der Waals surface area contributed by atoms with Crippen LogP contribution in [-0.2, 0) is 10.1 Å². The lowest BCUT2D eigenvalue weighted by Gasteiger charge is -2.00. The lowest BCUT2D eigenvalue weighted by atomic mass is 9.31. The minimum atomic E-state index is -4.08. The number of methoxy groups -OCH3 is 1. The van der Waals surface area contributed by atoms with Crippen LogP contribution in [0.4, 0.5) is 0 Å². The Hall–Kier alpha value is -1.66. The molecule has 0 heterocycles. The van der Waals surface area contributed by atoms with Gasteiger partial charge in [-0.1, -0.05) is 42.6 Å². The lowest BCUT2D eigenvalue weighted by Crippen LogP contribution is -2.21. The Labute approximate surface area is 140 Å². The molecule has 0 aliphatic carbocycles. The second-order valence-electron chi connectivity index (χ2n) is 4.61. The van der Waals surface area contributed by atoms with Crippen LogP contribution in [0.5, 0.6) is 5.75 Å². The summed E-state index contributed by atoms with van der Waals surface area (Å²) in [6.07, 6.45) is 0.875. The van der Waals surface area contributed by atoms with Gasteiger partial charge in [-0.2, -0.15) is 8.42 Å². The Morgan fingerprint density at radius 2 is 1.65 bits per heavy atom. The van der Waals surface area contributed by atoms with Crippen molar-refractivity contribution < 1.29 is 17.7 Å². The highest BCUT2D eigenvalue weighted by molar-refractivity contribution is 7.85. The molecule has 0 spiro atoms. The van der Waals surface area contributed by atoms with Crippen LogP contribution in [0, 0.1) is 0 Å². The van der Waals surface area contributed by atoms with Crippen molar-refractivity contribution in [3.05, 3.63) is 54.6 Å². The summed E-state index contributed by atoms with van der Waals surface area (Å²) in [5.41, 5.74) is 0.907. The van der Waals surface area contributed by atoms with Crippen LogP contribution in [0.25, 0.3) is 0 Å². The van der Waals surface area contributed by atoms with Gasteiger partial charge in [-0.25, -0.2) is 0 Å². The van der Waals surface area contributed by atoms with Gasteiger partial charge in [-0.15, -0.1) is 6.22 Å². The molecular weight excluding hydrogens is 309 g/mol. The number of para-hydroxylation sites is 1. The summed E-state index contributed by atoms with van der Waals surface area (Å²) >= 11 is 0. The molecule has 0 saturated carbocycles. The zero-order valence-electron chi connectivity index (χ0n) is 13.2. The van der Waals surface area contributed by atoms with Crippen molar-refractivity contribution in [1.29, 1.82) is 0 Å². The minimum absolute atomic E-state index is 0.0818. The van der Waals surface area contributed by atoms with E-state index in [0.29, 0.717) is 0 Å². The fourth-order valence-electron chi connectivity index (χ4n) is 1.65. The van der Waals surface area contributed by atoms with Gasteiger partial charge in [0.2, 0.25) is 0 Å². The molecule has 3 radical (unpaired) electrons. The van der Waals surface area contributed by atoms with Crippen molar-refractivity contribution in [2.24, 2.45) is 0 Å². The van der Waals surface area contributed by atoms with Gasteiger partial charge >= 0.3 is 0 Å². The van der Waals surface area contributed by atoms with Crippen LogP contribution in [0.2, 0.25) is 13.0 Å². The van der Waals surface area contributed by atoms with Gasteiger partial charge in [0.1, 0.15) is 12.9 Å². The topological polar surface area (TPSA) is 63.6 Å². The van der Waals surface area contributed by atoms with Crippen molar-refractivity contribution in [3.63, 3.8) is 0 Å². The maximum absolute atomic E-state index is 10.7. The van der Waals surface area contributed by atoms with Gasteiger partial charge in [0.25, 0.3) is 10.1 Å². The second-order valence-corrected chi connectivity index (χ2v) is 6.03. The molecule has 0 atom stereocenters. The largest absolute Gasteiger partial charge is 0.497 e. The quantitative estimate of drug-likeness (QED) is 0.498. The van der Waals surface area contributed by atoms with Crippen LogP contribution in [0.3, 0.4) is 0 Å². The van der Waals surface area contributed by atoms with Gasteiger partial charge < -0.3 is 4.74 Å². The summed E-state index contributed by atoms with van der Waals surface area (Å²) in [5.74, 6) is 0.910. The zero-order valence-corrected chi connectivity index (χ0v) is 14.0. The number of benzene rings is 2. The standard InChI is InChI=1S/C8H10B3O3S.C7H8O/c1-9-6-10-11-7-2-4-8(5-3-7)15(12,13)14;1-8-7-5-3-2-4-6-7/h2-5H,6H2,1H3,(H,12,13,14);2-6H,1H3. The predicted octanol–water partition coefficient (Wildman–Crippen LogP) is 1.71. The number of ether oxygens (including phenoxy) is 1. The number of hydrogen-bond acceptors (Lipinski definition) is 3. The maximum atomic E-state index is 10.7. The van der Waals surface area contributed by atoms with Crippen molar-refractivity contribution in [3.8, 4) is 5.75 Å². The first-order valence-electron chi connectivity index (χ1n) is 7.08. The fraction of sp³-hybridized carbons (Fsp3) is 0.200. The molecule has 117 valence electrons. The van der Waals surface area contributed by atoms with Gasteiger partial charge in [0.05, 0.1) is 26.5 Å². The average Bonchev–Trinajstić information content (AvgIpc) is 2.56. The molecule has 0 saturated heterocycles. The molecule has 2 aromatic carbocycles. The Kier molecular flexibility index (Phi) is 8.58. The van der Waals surface area contributed by atoms with E-state index >= 15 is 0 Å². The summed E-state index contributed by atoms with van der Waals surface area (Å²) in [5, 5.41) is 0.